The zero-order chi connectivity index (χ0) is 27.6. The number of carbonyl (C=O) groups excluding carboxylic acids is 1. The van der Waals surface area contributed by atoms with Crippen molar-refractivity contribution in [1.82, 2.24) is 30.4 Å². The summed E-state index contributed by atoms with van der Waals surface area (Å²) in [7, 11) is 0. The van der Waals surface area contributed by atoms with Crippen LogP contribution < -0.4 is 10.1 Å². The van der Waals surface area contributed by atoms with Gasteiger partial charge in [-0.25, -0.2) is 0 Å². The van der Waals surface area contributed by atoms with Crippen molar-refractivity contribution < 1.29 is 22.7 Å². The molecule has 1 aliphatic carbocycles. The van der Waals surface area contributed by atoms with Crippen molar-refractivity contribution in [2.24, 2.45) is 0 Å². The van der Waals surface area contributed by atoms with Crippen LogP contribution >= 0.6 is 23.2 Å². The number of hydrogen-bond acceptors (Lipinski definition) is 6. The Morgan fingerprint density at radius 1 is 1.03 bits per heavy atom. The molecule has 0 bridgehead atoms. The van der Waals surface area contributed by atoms with E-state index in [0.717, 1.165) is 5.57 Å². The molecular weight excluding hydrogens is 558 g/mol. The second kappa shape index (κ2) is 10.9. The summed E-state index contributed by atoms with van der Waals surface area (Å²) in [5.74, 6) is -0.573. The van der Waals surface area contributed by atoms with Crippen molar-refractivity contribution in [1.29, 1.82) is 0 Å². The molecule has 1 amide bonds. The standard InChI is InChI=1S/C25H18Cl2F3N7O2/c26-18-9-17(10-19(27)11-18)21-12-22(15-5-7-20(8-6-15)39-25(28,29)30)37(34-21)13-14-1-3-16(4-2-14)23(38)31-24-32-35-36-33-24/h1,3,5-12H,2,4,13H2,(H2,31,32,33,35,36,38). The Morgan fingerprint density at radius 2 is 1.77 bits per heavy atom. The molecule has 9 nitrogen and oxygen atoms in total. The maximum absolute atomic E-state index is 12.6. The quantitative estimate of drug-likeness (QED) is 0.270. The first-order chi connectivity index (χ1) is 18.6. The van der Waals surface area contributed by atoms with Crippen molar-refractivity contribution >= 4 is 35.1 Å². The van der Waals surface area contributed by atoms with Crippen LogP contribution in [-0.2, 0) is 11.3 Å². The normalized spacial score (nSPS) is 13.6. The van der Waals surface area contributed by atoms with Crippen LogP contribution in [0.15, 0.2) is 71.8 Å². The van der Waals surface area contributed by atoms with Gasteiger partial charge in [-0.1, -0.05) is 40.5 Å². The second-order valence-corrected chi connectivity index (χ2v) is 9.38. The number of ether oxygens (including phenoxy) is 1. The third-order valence-electron chi connectivity index (χ3n) is 5.77. The summed E-state index contributed by atoms with van der Waals surface area (Å²) >= 11 is 12.4. The monoisotopic (exact) mass is 575 g/mol. The molecule has 0 saturated heterocycles. The molecule has 2 N–H and O–H groups in total. The molecule has 4 aromatic rings. The molecule has 0 atom stereocenters. The lowest BCUT2D eigenvalue weighted by Crippen LogP contribution is -2.17. The minimum atomic E-state index is -4.79. The fourth-order valence-corrected chi connectivity index (χ4v) is 4.56. The minimum Gasteiger partial charge on any atom is -0.406 e. The summed E-state index contributed by atoms with van der Waals surface area (Å²) in [4.78, 5) is 12.4. The van der Waals surface area contributed by atoms with Gasteiger partial charge in [0.2, 0.25) is 0 Å². The molecule has 0 saturated carbocycles. The fraction of sp³-hybridized carbons (Fsp3) is 0.160. The maximum Gasteiger partial charge on any atom is 0.573 e. The Morgan fingerprint density at radius 3 is 2.38 bits per heavy atom. The first kappa shape index (κ1) is 26.4. The van der Waals surface area contributed by atoms with Crippen molar-refractivity contribution in [2.75, 3.05) is 5.32 Å². The number of halogens is 5. The van der Waals surface area contributed by atoms with Gasteiger partial charge in [-0.15, -0.1) is 18.3 Å². The molecule has 5 rings (SSSR count). The molecule has 200 valence electrons. The highest BCUT2D eigenvalue weighted by atomic mass is 35.5. The van der Waals surface area contributed by atoms with Gasteiger partial charge in [0.15, 0.2) is 0 Å². The SMILES string of the molecule is O=C(Nc1nn[nH]n1)C1=CC=C(Cn2nc(-c3cc(Cl)cc(Cl)c3)cc2-c2ccc(OC(F)(F)F)cc2)CC1. The molecule has 1 aliphatic rings. The average Bonchev–Trinajstić information content (AvgIpc) is 3.54. The lowest BCUT2D eigenvalue weighted by atomic mass is 9.97. The summed E-state index contributed by atoms with van der Waals surface area (Å²) in [5, 5.41) is 21.3. The van der Waals surface area contributed by atoms with Gasteiger partial charge in [0.1, 0.15) is 5.75 Å². The van der Waals surface area contributed by atoms with Crippen LogP contribution in [0.5, 0.6) is 5.75 Å². The highest BCUT2D eigenvalue weighted by molar-refractivity contribution is 6.35. The van der Waals surface area contributed by atoms with Gasteiger partial charge >= 0.3 is 6.36 Å². The van der Waals surface area contributed by atoms with E-state index in [-0.39, 0.29) is 17.6 Å². The number of allylic oxidation sites excluding steroid dienone is 3. The number of hydrogen-bond donors (Lipinski definition) is 2. The lowest BCUT2D eigenvalue weighted by molar-refractivity contribution is -0.274. The van der Waals surface area contributed by atoms with Crippen molar-refractivity contribution in [2.45, 2.75) is 25.7 Å². The Bertz CT molecular complexity index is 1540. The van der Waals surface area contributed by atoms with E-state index in [0.29, 0.717) is 57.5 Å². The van der Waals surface area contributed by atoms with Gasteiger partial charge in [0, 0.05) is 26.7 Å². The number of nitrogens with one attached hydrogen (secondary N) is 2. The van der Waals surface area contributed by atoms with E-state index in [4.69, 9.17) is 28.3 Å². The van der Waals surface area contributed by atoms with Crippen LogP contribution in [0.2, 0.25) is 10.0 Å². The summed E-state index contributed by atoms with van der Waals surface area (Å²) in [6.45, 7) is 0.376. The Balaban J connectivity index is 1.43. The zero-order valence-electron chi connectivity index (χ0n) is 19.8. The van der Waals surface area contributed by atoms with Crippen LogP contribution in [0.3, 0.4) is 0 Å². The summed E-state index contributed by atoms with van der Waals surface area (Å²) in [6.07, 6.45) is -0.160. The number of benzene rings is 2. The topological polar surface area (TPSA) is 111 Å². The van der Waals surface area contributed by atoms with Crippen LogP contribution in [0.25, 0.3) is 22.5 Å². The molecule has 0 spiro atoms. The number of nitrogens with zero attached hydrogens (tertiary/aromatic N) is 5. The number of H-pyrrole nitrogens is 1. The number of rotatable bonds is 7. The highest BCUT2D eigenvalue weighted by Crippen LogP contribution is 2.33. The van der Waals surface area contributed by atoms with Gasteiger partial charge in [0.05, 0.1) is 17.9 Å². The molecule has 2 aromatic carbocycles. The molecular formula is C25H18Cl2F3N7O2. The van der Waals surface area contributed by atoms with E-state index in [1.807, 2.05) is 12.1 Å². The van der Waals surface area contributed by atoms with Crippen molar-refractivity contribution in [3.63, 3.8) is 0 Å². The van der Waals surface area contributed by atoms with E-state index >= 15 is 0 Å². The number of carbonyl (C=O) groups is 1. The van der Waals surface area contributed by atoms with Gasteiger partial charge < -0.3 is 4.74 Å². The number of alkyl halides is 3. The molecule has 14 heteroatoms. The van der Waals surface area contributed by atoms with Crippen LogP contribution in [-0.4, -0.2) is 42.7 Å². The summed E-state index contributed by atoms with van der Waals surface area (Å²) in [6, 6.07) is 12.4. The highest BCUT2D eigenvalue weighted by Gasteiger charge is 2.31. The van der Waals surface area contributed by atoms with Gasteiger partial charge in [0.25, 0.3) is 11.9 Å². The van der Waals surface area contributed by atoms with Crippen LogP contribution in [0, 0.1) is 0 Å². The Kier molecular flexibility index (Phi) is 7.40. The van der Waals surface area contributed by atoms with E-state index < -0.39 is 6.36 Å². The Labute approximate surface area is 229 Å². The Hall–Kier alpha value is -4.16. The van der Waals surface area contributed by atoms with Gasteiger partial charge in [-0.2, -0.15) is 10.3 Å². The minimum absolute atomic E-state index is 0.0807. The van der Waals surface area contributed by atoms with E-state index in [2.05, 4.69) is 30.7 Å². The number of aromatic nitrogens is 6. The molecule has 2 aromatic heterocycles. The van der Waals surface area contributed by atoms with E-state index in [9.17, 15) is 18.0 Å². The molecule has 0 aliphatic heterocycles. The van der Waals surface area contributed by atoms with Crippen molar-refractivity contribution in [3.8, 4) is 28.3 Å². The number of anilines is 1. The summed E-state index contributed by atoms with van der Waals surface area (Å²) < 4.78 is 43.6. The average molecular weight is 576 g/mol. The van der Waals surface area contributed by atoms with Crippen LogP contribution in [0.4, 0.5) is 19.1 Å². The third kappa shape index (κ3) is 6.65. The maximum atomic E-state index is 12.6. The zero-order valence-corrected chi connectivity index (χ0v) is 21.3. The van der Waals surface area contributed by atoms with Gasteiger partial charge in [-0.05, 0) is 72.2 Å². The third-order valence-corrected chi connectivity index (χ3v) is 6.21. The first-order valence-corrected chi connectivity index (χ1v) is 12.2. The smallest absolute Gasteiger partial charge is 0.406 e. The van der Waals surface area contributed by atoms with E-state index in [1.54, 1.807) is 29.0 Å². The van der Waals surface area contributed by atoms with E-state index in [1.165, 1.54) is 24.3 Å². The second-order valence-electron chi connectivity index (χ2n) is 8.51. The predicted molar refractivity (Wildman–Crippen MR) is 138 cm³/mol. The van der Waals surface area contributed by atoms with Crippen molar-refractivity contribution in [3.05, 3.63) is 81.9 Å². The molecule has 2 heterocycles. The molecule has 39 heavy (non-hydrogen) atoms. The summed E-state index contributed by atoms with van der Waals surface area (Å²) in [5.41, 5.74) is 4.09. The molecule has 0 unspecified atom stereocenters. The fourth-order valence-electron chi connectivity index (χ4n) is 4.03. The molecule has 0 radical (unpaired) electrons. The number of amides is 1. The van der Waals surface area contributed by atoms with Gasteiger partial charge in [-0.3, -0.25) is 14.8 Å². The predicted octanol–water partition coefficient (Wildman–Crippen LogP) is 6.22. The first-order valence-electron chi connectivity index (χ1n) is 11.5. The van der Waals surface area contributed by atoms with Crippen LogP contribution in [0.1, 0.15) is 12.8 Å². The molecule has 0 fully saturated rings. The largest absolute Gasteiger partial charge is 0.573 e. The number of tetrazole rings is 1. The number of aromatic amines is 1. The lowest BCUT2D eigenvalue weighted by Gasteiger charge is -2.16.